The summed E-state index contributed by atoms with van der Waals surface area (Å²) in [4.78, 5) is 4.23. The minimum absolute atomic E-state index is 0.0423. The largest absolute Gasteiger partial charge is 0.355 e. The summed E-state index contributed by atoms with van der Waals surface area (Å²) in [7, 11) is -23.8. The van der Waals surface area contributed by atoms with Crippen molar-refractivity contribution in [2.24, 2.45) is 0 Å². The van der Waals surface area contributed by atoms with Crippen molar-refractivity contribution in [3.05, 3.63) is 104 Å². The lowest BCUT2D eigenvalue weighted by atomic mass is 10.0. The van der Waals surface area contributed by atoms with Gasteiger partial charge in [-0.25, -0.2) is 0 Å². The normalized spacial score (nSPS) is 14.0. The molecule has 0 radical (unpaired) electrons. The summed E-state index contributed by atoms with van der Waals surface area (Å²) < 4.78 is 140. The van der Waals surface area contributed by atoms with E-state index in [2.05, 4.69) is 19.9 Å². The minimum Gasteiger partial charge on any atom is -0.355 e. The molecule has 1 aliphatic heterocycles. The Kier molecular flexibility index (Phi) is 7.18. The molecule has 240 valence electrons. The van der Waals surface area contributed by atoms with Crippen LogP contribution in [-0.4, -0.2) is 71.8 Å². The van der Waals surface area contributed by atoms with Gasteiger partial charge in [-0.05, 0) is 72.8 Å². The Morgan fingerprint density at radius 2 is 0.935 bits per heavy atom. The summed E-state index contributed by atoms with van der Waals surface area (Å²) in [6.07, 6.45) is 5.13. The fourth-order valence-corrected chi connectivity index (χ4v) is 9.87. The van der Waals surface area contributed by atoms with Crippen LogP contribution in [0.15, 0.2) is 74.2 Å². The van der Waals surface area contributed by atoms with Crippen molar-refractivity contribution in [1.82, 2.24) is 19.9 Å². The van der Waals surface area contributed by atoms with E-state index in [1.165, 1.54) is 24.3 Å². The maximum Gasteiger partial charge on any atom is 0.297 e. The molecule has 8 bridgehead atoms. The lowest BCUT2D eigenvalue weighted by molar-refractivity contribution is 0.446. The van der Waals surface area contributed by atoms with Gasteiger partial charge in [0.1, 0.15) is 19.6 Å². The van der Waals surface area contributed by atoms with Crippen LogP contribution in [0.4, 0.5) is 0 Å². The minimum atomic E-state index is -6.10. The van der Waals surface area contributed by atoms with Gasteiger partial charge >= 0.3 is 0 Å². The van der Waals surface area contributed by atoms with Crippen molar-refractivity contribution in [2.45, 2.75) is 19.6 Å². The lowest BCUT2D eigenvalue weighted by Crippen LogP contribution is -2.22. The van der Waals surface area contributed by atoms with E-state index in [9.17, 15) is 51.9 Å². The summed E-state index contributed by atoms with van der Waals surface area (Å²) in [5, 5.41) is 1.67. The Labute approximate surface area is 259 Å². The van der Waals surface area contributed by atoms with Crippen LogP contribution in [0.25, 0.3) is 23.8 Å². The first-order valence-electron chi connectivity index (χ1n) is 12.6. The second-order valence-corrected chi connectivity index (χ2v) is 15.5. The van der Waals surface area contributed by atoms with Gasteiger partial charge in [-0.15, -0.1) is 0 Å². The SMILES string of the molecule is O=S(=O)(O)c1cc(C2=c3ccc([nH]3)=Cc3ccc([nH]3)C=c3ccc([nH]3)=Cc3ccc2[nH]3)c(S(=O)(=O)O)c(S(=O)(=O)O)c1S(=O)(=O)O. The molecular formula is C26H20N4O12S4. The van der Waals surface area contributed by atoms with Crippen LogP contribution in [0.3, 0.4) is 0 Å². The monoisotopic (exact) mass is 708 g/mol. The number of H-pyrrole nitrogens is 4. The molecule has 20 heteroatoms. The van der Waals surface area contributed by atoms with Crippen molar-refractivity contribution in [3.8, 4) is 0 Å². The van der Waals surface area contributed by atoms with Crippen molar-refractivity contribution in [2.75, 3.05) is 0 Å². The van der Waals surface area contributed by atoms with Crippen molar-refractivity contribution in [3.63, 3.8) is 0 Å². The molecule has 0 amide bonds. The molecule has 4 aromatic heterocycles. The third-order valence-electron chi connectivity index (χ3n) is 6.83. The van der Waals surface area contributed by atoms with Crippen molar-refractivity contribution in [1.29, 1.82) is 0 Å². The average molecular weight is 709 g/mol. The van der Waals surface area contributed by atoms with E-state index in [1.54, 1.807) is 36.4 Å². The Hall–Kier alpha value is -4.54. The zero-order valence-corrected chi connectivity index (χ0v) is 25.9. The first kappa shape index (κ1) is 31.4. The second kappa shape index (κ2) is 10.5. The maximum absolute atomic E-state index is 12.8. The highest BCUT2D eigenvalue weighted by Crippen LogP contribution is 2.40. The lowest BCUT2D eigenvalue weighted by Gasteiger charge is -2.18. The average Bonchev–Trinajstić information content (AvgIpc) is 3.72. The molecule has 5 aromatic rings. The molecular weight excluding hydrogens is 689 g/mol. The number of nitrogens with one attached hydrogen (secondary N) is 4. The number of aromatic amines is 4. The third-order valence-corrected chi connectivity index (χ3v) is 10.9. The van der Waals surface area contributed by atoms with Crippen LogP contribution in [0.1, 0.15) is 28.3 Å². The molecule has 16 nitrogen and oxygen atoms in total. The number of benzene rings is 1. The van der Waals surface area contributed by atoms with Gasteiger partial charge in [0.25, 0.3) is 40.5 Å². The highest BCUT2D eigenvalue weighted by atomic mass is 32.2. The quantitative estimate of drug-likeness (QED) is 0.101. The summed E-state index contributed by atoms with van der Waals surface area (Å²) in [6.45, 7) is 0. The molecule has 5 heterocycles. The molecule has 1 aliphatic rings. The molecule has 0 saturated heterocycles. The predicted molar refractivity (Wildman–Crippen MR) is 160 cm³/mol. The Morgan fingerprint density at radius 1 is 0.457 bits per heavy atom. The standard InChI is InChI=1S/C26H20N4O12S4/c31-43(32,33)22-12-19(24(44(34,35)36)26(46(40,41)42)25(22)45(37,38)39)23-20-7-5-17(29-20)10-15-3-1-13(27-15)9-14-2-4-16(28-14)11-18-6-8-21(23)30-18/h1-12,27-30H,(H,31,32,33)(H,34,35,36)(H,37,38,39)(H,40,41,42). The van der Waals surface area contributed by atoms with Crippen molar-refractivity contribution >= 4 is 64.3 Å². The van der Waals surface area contributed by atoms with Gasteiger partial charge in [-0.1, -0.05) is 0 Å². The molecule has 0 atom stereocenters. The number of hydrogen-bond acceptors (Lipinski definition) is 8. The van der Waals surface area contributed by atoms with E-state index in [1.807, 2.05) is 6.08 Å². The topological polar surface area (TPSA) is 281 Å². The van der Waals surface area contributed by atoms with E-state index < -0.39 is 65.6 Å². The van der Waals surface area contributed by atoms with Gasteiger partial charge in [0.05, 0.1) is 0 Å². The number of hydrogen-bond donors (Lipinski definition) is 8. The predicted octanol–water partition coefficient (Wildman–Crippen LogP) is -0.967. The zero-order chi connectivity index (χ0) is 33.4. The highest BCUT2D eigenvalue weighted by Gasteiger charge is 2.41. The van der Waals surface area contributed by atoms with Gasteiger partial charge in [0, 0.05) is 55.3 Å². The van der Waals surface area contributed by atoms with Crippen LogP contribution in [0.5, 0.6) is 0 Å². The van der Waals surface area contributed by atoms with Crippen molar-refractivity contribution < 1.29 is 51.9 Å². The molecule has 1 aromatic carbocycles. The highest BCUT2D eigenvalue weighted by molar-refractivity contribution is 7.91. The summed E-state index contributed by atoms with van der Waals surface area (Å²) >= 11 is 0. The number of aromatic nitrogens is 4. The van der Waals surface area contributed by atoms with Crippen LogP contribution >= 0.6 is 0 Å². The molecule has 0 aliphatic carbocycles. The van der Waals surface area contributed by atoms with E-state index in [4.69, 9.17) is 0 Å². The van der Waals surface area contributed by atoms with E-state index >= 15 is 0 Å². The Balaban J connectivity index is 1.86. The first-order chi connectivity index (χ1) is 21.3. The molecule has 0 fully saturated rings. The van der Waals surface area contributed by atoms with E-state index in [-0.39, 0.29) is 22.7 Å². The summed E-state index contributed by atoms with van der Waals surface area (Å²) in [5.41, 5.74) is 0.300. The molecule has 46 heavy (non-hydrogen) atoms. The third kappa shape index (κ3) is 5.90. The number of fused-ring (bicyclic) bond motifs is 8. The Morgan fingerprint density at radius 3 is 1.46 bits per heavy atom. The second-order valence-electron chi connectivity index (χ2n) is 10.0. The van der Waals surface area contributed by atoms with Gasteiger partial charge in [0.2, 0.25) is 0 Å². The van der Waals surface area contributed by atoms with Crippen LogP contribution < -0.4 is 21.4 Å². The molecule has 8 N–H and O–H groups in total. The Bertz CT molecular complexity index is 2800. The van der Waals surface area contributed by atoms with Gasteiger partial charge in [-0.2, -0.15) is 33.7 Å². The summed E-state index contributed by atoms with van der Waals surface area (Å²) in [6, 6.07) is 13.1. The van der Waals surface area contributed by atoms with Crippen LogP contribution in [-0.2, 0) is 40.5 Å². The smallest absolute Gasteiger partial charge is 0.297 e. The van der Waals surface area contributed by atoms with E-state index in [0.29, 0.717) is 22.1 Å². The van der Waals surface area contributed by atoms with Gasteiger partial charge in [0.15, 0.2) is 0 Å². The van der Waals surface area contributed by atoms with Gasteiger partial charge < -0.3 is 19.9 Å². The molecule has 0 unspecified atom stereocenters. The molecule has 0 spiro atoms. The first-order valence-corrected chi connectivity index (χ1v) is 18.3. The van der Waals surface area contributed by atoms with E-state index in [0.717, 1.165) is 11.0 Å². The number of rotatable bonds is 5. The maximum atomic E-state index is 12.8. The van der Waals surface area contributed by atoms with Crippen LogP contribution in [0.2, 0.25) is 0 Å². The molecule has 6 rings (SSSR count). The molecule has 0 saturated carbocycles. The van der Waals surface area contributed by atoms with Gasteiger partial charge in [-0.3, -0.25) is 18.2 Å². The van der Waals surface area contributed by atoms with Crippen LogP contribution in [0, 0.1) is 0 Å². The fraction of sp³-hybridized carbons (Fsp3) is 0. The zero-order valence-electron chi connectivity index (χ0n) is 22.6. The summed E-state index contributed by atoms with van der Waals surface area (Å²) in [5.74, 6) is 0. The fourth-order valence-electron chi connectivity index (χ4n) is 5.13.